The van der Waals surface area contributed by atoms with E-state index in [2.05, 4.69) is 26.7 Å². The zero-order chi connectivity index (χ0) is 13.7. The van der Waals surface area contributed by atoms with Crippen LogP contribution in [0.15, 0.2) is 48.5 Å². The Morgan fingerprint density at radius 3 is 2.63 bits per heavy atom. The van der Waals surface area contributed by atoms with Gasteiger partial charge in [-0.2, -0.15) is 0 Å². The first kappa shape index (κ1) is 14.3. The van der Waals surface area contributed by atoms with E-state index in [4.69, 9.17) is 16.3 Å². The molecule has 100 valence electrons. The molecule has 19 heavy (non-hydrogen) atoms. The maximum absolute atomic E-state index is 6.01. The predicted molar refractivity (Wildman–Crippen MR) is 83.7 cm³/mol. The highest BCUT2D eigenvalue weighted by atomic mass is 35.5. The van der Waals surface area contributed by atoms with Crippen molar-refractivity contribution >= 4 is 20.8 Å². The summed E-state index contributed by atoms with van der Waals surface area (Å²) in [5.41, 5.74) is 2.39. The molecule has 2 nitrogen and oxygen atoms in total. The number of halogens is 1. The van der Waals surface area contributed by atoms with Crippen LogP contribution in [0.4, 0.5) is 0 Å². The highest BCUT2D eigenvalue weighted by Crippen LogP contribution is 2.26. The summed E-state index contributed by atoms with van der Waals surface area (Å²) in [6, 6.07) is 16.1. The largest absolute Gasteiger partial charge is 0.495 e. The maximum Gasteiger partial charge on any atom is 0.137 e. The average molecular weight is 294 g/mol. The van der Waals surface area contributed by atoms with Crippen molar-refractivity contribution in [3.8, 4) is 5.75 Å². The van der Waals surface area contributed by atoms with Gasteiger partial charge in [0.25, 0.3) is 0 Å². The van der Waals surface area contributed by atoms with Gasteiger partial charge in [-0.15, -0.1) is 9.24 Å². The SMILES string of the molecule is COc1cc(CNC(P)c2ccccc2)ccc1Cl. The number of hydrogen-bond acceptors (Lipinski definition) is 2. The van der Waals surface area contributed by atoms with E-state index in [1.165, 1.54) is 5.56 Å². The lowest BCUT2D eigenvalue weighted by molar-refractivity contribution is 0.414. The van der Waals surface area contributed by atoms with Crippen LogP contribution in [0, 0.1) is 0 Å². The Kier molecular flexibility index (Phi) is 5.21. The number of methoxy groups -OCH3 is 1. The smallest absolute Gasteiger partial charge is 0.137 e. The van der Waals surface area contributed by atoms with E-state index in [1.54, 1.807) is 7.11 Å². The fraction of sp³-hybridized carbons (Fsp3) is 0.200. The van der Waals surface area contributed by atoms with Crippen molar-refractivity contribution in [3.05, 3.63) is 64.7 Å². The predicted octanol–water partition coefficient (Wildman–Crippen LogP) is 4.01. The molecule has 2 rings (SSSR count). The van der Waals surface area contributed by atoms with Crippen LogP contribution in [0.3, 0.4) is 0 Å². The molecule has 2 aromatic carbocycles. The van der Waals surface area contributed by atoms with Crippen molar-refractivity contribution in [2.75, 3.05) is 7.11 Å². The van der Waals surface area contributed by atoms with Crippen molar-refractivity contribution < 1.29 is 4.74 Å². The van der Waals surface area contributed by atoms with Gasteiger partial charge in [0.15, 0.2) is 0 Å². The molecule has 0 fully saturated rings. The van der Waals surface area contributed by atoms with Crippen molar-refractivity contribution in [3.63, 3.8) is 0 Å². The second-order valence-corrected chi connectivity index (χ2v) is 5.31. The number of hydrogen-bond donors (Lipinski definition) is 1. The van der Waals surface area contributed by atoms with Gasteiger partial charge in [-0.1, -0.05) is 48.0 Å². The number of benzene rings is 2. The van der Waals surface area contributed by atoms with Crippen LogP contribution in [-0.2, 0) is 6.54 Å². The van der Waals surface area contributed by atoms with Gasteiger partial charge < -0.3 is 10.1 Å². The molecule has 2 unspecified atom stereocenters. The van der Waals surface area contributed by atoms with Crippen LogP contribution >= 0.6 is 20.8 Å². The Morgan fingerprint density at radius 1 is 1.21 bits per heavy atom. The van der Waals surface area contributed by atoms with Crippen molar-refractivity contribution in [1.29, 1.82) is 0 Å². The summed E-state index contributed by atoms with van der Waals surface area (Å²) in [7, 11) is 4.43. The zero-order valence-corrected chi connectivity index (χ0v) is 12.7. The van der Waals surface area contributed by atoms with E-state index in [1.807, 2.05) is 36.4 Å². The Labute approximate surface area is 121 Å². The van der Waals surface area contributed by atoms with Gasteiger partial charge in [0.2, 0.25) is 0 Å². The van der Waals surface area contributed by atoms with Gasteiger partial charge in [0.05, 0.1) is 12.1 Å². The van der Waals surface area contributed by atoms with E-state index in [-0.39, 0.29) is 5.78 Å². The molecule has 0 spiro atoms. The third-order valence-corrected chi connectivity index (χ3v) is 3.83. The van der Waals surface area contributed by atoms with Crippen LogP contribution in [0.5, 0.6) is 5.75 Å². The van der Waals surface area contributed by atoms with Gasteiger partial charge in [-0.3, -0.25) is 0 Å². The first-order chi connectivity index (χ1) is 9.20. The van der Waals surface area contributed by atoms with Crippen LogP contribution < -0.4 is 10.1 Å². The minimum absolute atomic E-state index is 0.225. The molecule has 2 aromatic rings. The third kappa shape index (κ3) is 3.94. The van der Waals surface area contributed by atoms with Crippen LogP contribution in [0.1, 0.15) is 16.9 Å². The maximum atomic E-state index is 6.01. The summed E-state index contributed by atoms with van der Waals surface area (Å²) >= 11 is 6.01. The first-order valence-corrected chi connectivity index (χ1v) is 7.11. The molecular formula is C15H17ClNOP. The molecule has 0 heterocycles. The molecule has 0 bridgehead atoms. The molecular weight excluding hydrogens is 277 g/mol. The molecule has 0 aliphatic rings. The quantitative estimate of drug-likeness (QED) is 0.841. The van der Waals surface area contributed by atoms with Gasteiger partial charge >= 0.3 is 0 Å². The van der Waals surface area contributed by atoms with E-state index >= 15 is 0 Å². The first-order valence-electron chi connectivity index (χ1n) is 6.07. The molecule has 0 radical (unpaired) electrons. The second-order valence-electron chi connectivity index (χ2n) is 4.24. The second kappa shape index (κ2) is 6.91. The summed E-state index contributed by atoms with van der Waals surface area (Å²) < 4.78 is 5.21. The molecule has 2 atom stereocenters. The molecule has 0 amide bonds. The number of nitrogens with one attached hydrogen (secondary N) is 1. The molecule has 0 saturated carbocycles. The highest BCUT2D eigenvalue weighted by molar-refractivity contribution is 7.17. The van der Waals surface area contributed by atoms with E-state index in [0.717, 1.165) is 12.1 Å². The average Bonchev–Trinajstić information content (AvgIpc) is 2.47. The van der Waals surface area contributed by atoms with Gasteiger partial charge in [0.1, 0.15) is 5.75 Å². The lowest BCUT2D eigenvalue weighted by atomic mass is 10.2. The minimum Gasteiger partial charge on any atom is -0.495 e. The summed E-state index contributed by atoms with van der Waals surface area (Å²) in [6.45, 7) is 0.761. The fourth-order valence-electron chi connectivity index (χ4n) is 1.82. The summed E-state index contributed by atoms with van der Waals surface area (Å²) in [5.74, 6) is 0.934. The van der Waals surface area contributed by atoms with Gasteiger partial charge in [-0.25, -0.2) is 0 Å². The van der Waals surface area contributed by atoms with Gasteiger partial charge in [-0.05, 0) is 23.3 Å². The number of ether oxygens (including phenoxy) is 1. The number of rotatable bonds is 5. The Hall–Kier alpha value is -1.08. The van der Waals surface area contributed by atoms with E-state index in [9.17, 15) is 0 Å². The van der Waals surface area contributed by atoms with Gasteiger partial charge in [0, 0.05) is 12.3 Å². The van der Waals surface area contributed by atoms with Crippen molar-refractivity contribution in [2.24, 2.45) is 0 Å². The van der Waals surface area contributed by atoms with E-state index < -0.39 is 0 Å². The third-order valence-electron chi connectivity index (χ3n) is 2.90. The van der Waals surface area contributed by atoms with E-state index in [0.29, 0.717) is 10.8 Å². The van der Waals surface area contributed by atoms with Crippen LogP contribution in [0.2, 0.25) is 5.02 Å². The fourth-order valence-corrected chi connectivity index (χ4v) is 2.35. The topological polar surface area (TPSA) is 21.3 Å². The zero-order valence-electron chi connectivity index (χ0n) is 10.8. The molecule has 0 saturated heterocycles. The molecule has 1 N–H and O–H groups in total. The summed E-state index contributed by atoms with van der Waals surface area (Å²) in [6.07, 6.45) is 0. The van der Waals surface area contributed by atoms with Crippen molar-refractivity contribution in [2.45, 2.75) is 12.3 Å². The molecule has 0 aromatic heterocycles. The highest BCUT2D eigenvalue weighted by Gasteiger charge is 2.06. The van der Waals surface area contributed by atoms with Crippen LogP contribution in [0.25, 0.3) is 0 Å². The Balaban J connectivity index is 1.99. The standard InChI is InChI=1S/C15H17ClNOP/c1-18-14-9-11(7-8-13(14)16)10-17-15(19)12-5-3-2-4-6-12/h2-9,15,17H,10,19H2,1H3. The summed E-state index contributed by atoms with van der Waals surface area (Å²) in [4.78, 5) is 0. The normalized spacial score (nSPS) is 12.2. The lowest BCUT2D eigenvalue weighted by Crippen LogP contribution is -2.15. The molecule has 4 heteroatoms. The molecule has 0 aliphatic carbocycles. The Morgan fingerprint density at radius 2 is 1.95 bits per heavy atom. The monoisotopic (exact) mass is 293 g/mol. The Bertz CT molecular complexity index is 533. The van der Waals surface area contributed by atoms with Crippen LogP contribution in [-0.4, -0.2) is 7.11 Å². The summed E-state index contributed by atoms with van der Waals surface area (Å²) in [5, 5.41) is 4.09. The lowest BCUT2D eigenvalue weighted by Gasteiger charge is -2.14. The minimum atomic E-state index is 0.225. The molecule has 0 aliphatic heterocycles. The van der Waals surface area contributed by atoms with Crippen molar-refractivity contribution in [1.82, 2.24) is 5.32 Å².